The fraction of sp³-hybridized carbons (Fsp3) is 0.0909. The van der Waals surface area contributed by atoms with E-state index in [1.165, 1.54) is 11.8 Å². The smallest absolute Gasteiger partial charge is 0.301 e. The van der Waals surface area contributed by atoms with Crippen molar-refractivity contribution in [2.24, 2.45) is 0 Å². The predicted molar refractivity (Wildman–Crippen MR) is 64.9 cm³/mol. The molecule has 0 aliphatic heterocycles. The van der Waals surface area contributed by atoms with E-state index >= 15 is 0 Å². The van der Waals surface area contributed by atoms with Gasteiger partial charge in [0.15, 0.2) is 0 Å². The second kappa shape index (κ2) is 4.40. The zero-order chi connectivity index (χ0) is 11.5. The molecule has 4 nitrogen and oxygen atoms in total. The Labute approximate surface area is 95.7 Å². The fourth-order valence-electron chi connectivity index (χ4n) is 1.49. The van der Waals surface area contributed by atoms with Crippen LogP contribution in [-0.4, -0.2) is 16.2 Å². The van der Waals surface area contributed by atoms with Crippen LogP contribution < -0.4 is 11.2 Å². The monoisotopic (exact) mass is 234 g/mol. The van der Waals surface area contributed by atoms with Crippen molar-refractivity contribution in [2.75, 3.05) is 6.26 Å². The number of rotatable bonds is 2. The van der Waals surface area contributed by atoms with Crippen molar-refractivity contribution < 1.29 is 0 Å². The zero-order valence-corrected chi connectivity index (χ0v) is 9.43. The molecule has 0 unspecified atom stereocenters. The van der Waals surface area contributed by atoms with E-state index in [1.54, 1.807) is 0 Å². The van der Waals surface area contributed by atoms with Gasteiger partial charge in [0.2, 0.25) is 0 Å². The minimum absolute atomic E-state index is 0.362. The summed E-state index contributed by atoms with van der Waals surface area (Å²) < 4.78 is 0. The molecule has 5 heteroatoms. The van der Waals surface area contributed by atoms with Gasteiger partial charge in [-0.25, -0.2) is 4.79 Å². The van der Waals surface area contributed by atoms with Gasteiger partial charge in [0.25, 0.3) is 5.56 Å². The molecule has 0 aliphatic carbocycles. The molecule has 0 saturated carbocycles. The minimum Gasteiger partial charge on any atom is -0.301 e. The zero-order valence-electron chi connectivity index (χ0n) is 8.61. The molecule has 0 amide bonds. The molecule has 0 bridgehead atoms. The second-order valence-electron chi connectivity index (χ2n) is 3.18. The molecular formula is C11H10N2O2S. The third-order valence-electron chi connectivity index (χ3n) is 2.17. The lowest BCUT2D eigenvalue weighted by molar-refractivity contribution is 0.958. The van der Waals surface area contributed by atoms with E-state index in [4.69, 9.17) is 0 Å². The van der Waals surface area contributed by atoms with Gasteiger partial charge >= 0.3 is 5.69 Å². The first-order chi connectivity index (χ1) is 7.72. The average Bonchev–Trinajstić information content (AvgIpc) is 2.29. The number of H-pyrrole nitrogens is 2. The molecular weight excluding hydrogens is 224 g/mol. The van der Waals surface area contributed by atoms with Crippen LogP contribution in [0.3, 0.4) is 0 Å². The van der Waals surface area contributed by atoms with E-state index in [0.29, 0.717) is 10.6 Å². The topological polar surface area (TPSA) is 65.7 Å². The van der Waals surface area contributed by atoms with E-state index < -0.39 is 5.69 Å². The quantitative estimate of drug-likeness (QED) is 0.610. The van der Waals surface area contributed by atoms with Crippen LogP contribution >= 0.6 is 11.8 Å². The SMILES string of the molecule is CSc1[nH]c(=O)[nH]c(=O)c1-c1ccccc1. The van der Waals surface area contributed by atoms with Gasteiger partial charge in [-0.3, -0.25) is 9.78 Å². The van der Waals surface area contributed by atoms with E-state index in [1.807, 2.05) is 36.6 Å². The van der Waals surface area contributed by atoms with Gasteiger partial charge in [-0.15, -0.1) is 11.8 Å². The molecule has 0 fully saturated rings. The van der Waals surface area contributed by atoms with Crippen molar-refractivity contribution in [2.45, 2.75) is 5.03 Å². The van der Waals surface area contributed by atoms with Crippen molar-refractivity contribution >= 4 is 11.8 Å². The maximum absolute atomic E-state index is 11.7. The Balaban J connectivity index is 2.74. The molecule has 0 spiro atoms. The van der Waals surface area contributed by atoms with Crippen LogP contribution in [0.2, 0.25) is 0 Å². The summed E-state index contributed by atoms with van der Waals surface area (Å²) in [7, 11) is 0. The van der Waals surface area contributed by atoms with Crippen LogP contribution in [0.25, 0.3) is 11.1 Å². The third-order valence-corrected chi connectivity index (χ3v) is 2.89. The van der Waals surface area contributed by atoms with Gasteiger partial charge in [-0.1, -0.05) is 30.3 Å². The molecule has 1 aromatic heterocycles. The summed E-state index contributed by atoms with van der Waals surface area (Å²) in [5.41, 5.74) is 0.463. The van der Waals surface area contributed by atoms with Crippen LogP contribution in [0, 0.1) is 0 Å². The van der Waals surface area contributed by atoms with E-state index in [2.05, 4.69) is 9.97 Å². The predicted octanol–water partition coefficient (Wildman–Crippen LogP) is 1.45. The molecule has 2 N–H and O–H groups in total. The molecule has 2 aromatic rings. The van der Waals surface area contributed by atoms with Crippen LogP contribution in [0.4, 0.5) is 0 Å². The van der Waals surface area contributed by atoms with Crippen molar-refractivity contribution in [3.8, 4) is 11.1 Å². The number of benzene rings is 1. The highest BCUT2D eigenvalue weighted by atomic mass is 32.2. The van der Waals surface area contributed by atoms with E-state index in [0.717, 1.165) is 5.56 Å². The second-order valence-corrected chi connectivity index (χ2v) is 4.00. The fourth-order valence-corrected chi connectivity index (χ4v) is 2.10. The Morgan fingerprint density at radius 2 is 1.75 bits per heavy atom. The first kappa shape index (κ1) is 10.8. The Bertz CT molecular complexity index is 601. The minimum atomic E-state index is -0.478. The molecule has 1 aromatic carbocycles. The van der Waals surface area contributed by atoms with Gasteiger partial charge in [0.05, 0.1) is 10.6 Å². The first-order valence-electron chi connectivity index (χ1n) is 4.68. The molecule has 0 saturated heterocycles. The van der Waals surface area contributed by atoms with Crippen LogP contribution in [0.5, 0.6) is 0 Å². The van der Waals surface area contributed by atoms with Crippen molar-refractivity contribution in [1.29, 1.82) is 0 Å². The standard InChI is InChI=1S/C11H10N2O2S/c1-16-10-8(7-5-3-2-4-6-7)9(14)12-11(15)13-10/h2-6H,1H3,(H2,12,13,14,15). The van der Waals surface area contributed by atoms with Crippen LogP contribution in [-0.2, 0) is 0 Å². The Morgan fingerprint density at radius 1 is 1.06 bits per heavy atom. The molecule has 0 aliphatic rings. The summed E-state index contributed by atoms with van der Waals surface area (Å²) in [5, 5.41) is 0.583. The Morgan fingerprint density at radius 3 is 2.38 bits per heavy atom. The van der Waals surface area contributed by atoms with Crippen molar-refractivity contribution in [1.82, 2.24) is 9.97 Å². The Hall–Kier alpha value is -1.75. The van der Waals surface area contributed by atoms with Crippen molar-refractivity contribution in [3.63, 3.8) is 0 Å². The number of aromatic amines is 2. The number of thioether (sulfide) groups is 1. The molecule has 1 heterocycles. The number of hydrogen-bond acceptors (Lipinski definition) is 3. The van der Waals surface area contributed by atoms with Gasteiger partial charge in [0, 0.05) is 0 Å². The summed E-state index contributed by atoms with van der Waals surface area (Å²) in [6.07, 6.45) is 1.82. The van der Waals surface area contributed by atoms with E-state index in [-0.39, 0.29) is 5.56 Å². The molecule has 0 atom stereocenters. The third kappa shape index (κ3) is 1.94. The van der Waals surface area contributed by atoms with Gasteiger partial charge in [-0.2, -0.15) is 0 Å². The Kier molecular flexibility index (Phi) is 2.96. The highest BCUT2D eigenvalue weighted by molar-refractivity contribution is 7.98. The van der Waals surface area contributed by atoms with Gasteiger partial charge in [0.1, 0.15) is 0 Å². The average molecular weight is 234 g/mol. The van der Waals surface area contributed by atoms with Gasteiger partial charge < -0.3 is 4.98 Å². The van der Waals surface area contributed by atoms with Crippen LogP contribution in [0.15, 0.2) is 44.9 Å². The largest absolute Gasteiger partial charge is 0.326 e. The molecule has 0 radical (unpaired) electrons. The van der Waals surface area contributed by atoms with Crippen LogP contribution in [0.1, 0.15) is 0 Å². The summed E-state index contributed by atoms with van der Waals surface area (Å²) in [6.45, 7) is 0. The first-order valence-corrected chi connectivity index (χ1v) is 5.91. The summed E-state index contributed by atoms with van der Waals surface area (Å²) in [6, 6.07) is 9.25. The molecule has 82 valence electrons. The highest BCUT2D eigenvalue weighted by Crippen LogP contribution is 2.23. The maximum atomic E-state index is 11.7. The lowest BCUT2D eigenvalue weighted by atomic mass is 10.1. The summed E-state index contributed by atoms with van der Waals surface area (Å²) in [5.74, 6) is 0. The lowest BCUT2D eigenvalue weighted by Crippen LogP contribution is -2.24. The number of nitrogens with one attached hydrogen (secondary N) is 2. The maximum Gasteiger partial charge on any atom is 0.326 e. The highest BCUT2D eigenvalue weighted by Gasteiger charge is 2.10. The lowest BCUT2D eigenvalue weighted by Gasteiger charge is -2.04. The number of hydrogen-bond donors (Lipinski definition) is 2. The van der Waals surface area contributed by atoms with Crippen molar-refractivity contribution in [3.05, 3.63) is 51.2 Å². The molecule has 16 heavy (non-hydrogen) atoms. The van der Waals surface area contributed by atoms with Gasteiger partial charge in [-0.05, 0) is 11.8 Å². The normalized spacial score (nSPS) is 10.3. The summed E-state index contributed by atoms with van der Waals surface area (Å²) >= 11 is 1.34. The van der Waals surface area contributed by atoms with E-state index in [9.17, 15) is 9.59 Å². The summed E-state index contributed by atoms with van der Waals surface area (Å²) in [4.78, 5) is 27.7. The molecule has 2 rings (SSSR count). The number of aromatic nitrogens is 2.